The van der Waals surface area contributed by atoms with Crippen LogP contribution in [0.4, 0.5) is 17.3 Å². The first-order valence-electron chi connectivity index (χ1n) is 8.90. The molecule has 0 saturated heterocycles. The number of methoxy groups -OCH3 is 1. The SMILES string of the molecule is COc1ccccc1N1c2ccc(C)cc2[Se]c2c1oc1ccc(C)cc21. The Labute approximate surface area is 164 Å². The molecule has 2 heterocycles. The Balaban J connectivity index is 1.84. The van der Waals surface area contributed by atoms with Gasteiger partial charge in [0.2, 0.25) is 0 Å². The van der Waals surface area contributed by atoms with Crippen LogP contribution in [0, 0.1) is 13.8 Å². The molecule has 0 bridgehead atoms. The van der Waals surface area contributed by atoms with Crippen LogP contribution in [0.2, 0.25) is 0 Å². The molecule has 0 radical (unpaired) electrons. The van der Waals surface area contributed by atoms with E-state index >= 15 is 0 Å². The first-order chi connectivity index (χ1) is 13.2. The van der Waals surface area contributed by atoms with E-state index in [2.05, 4.69) is 61.2 Å². The average molecular weight is 420 g/mol. The van der Waals surface area contributed by atoms with Crippen LogP contribution in [-0.2, 0) is 0 Å². The third-order valence-corrected chi connectivity index (χ3v) is 7.28. The monoisotopic (exact) mass is 421 g/mol. The van der Waals surface area contributed by atoms with Crippen LogP contribution < -0.4 is 18.6 Å². The van der Waals surface area contributed by atoms with Gasteiger partial charge in [-0.15, -0.1) is 0 Å². The second kappa shape index (κ2) is 6.19. The second-order valence-corrected chi connectivity index (χ2v) is 9.02. The van der Waals surface area contributed by atoms with Gasteiger partial charge in [0.1, 0.15) is 0 Å². The third kappa shape index (κ3) is 2.56. The molecule has 5 rings (SSSR count). The fraction of sp³-hybridized carbons (Fsp3) is 0.130. The summed E-state index contributed by atoms with van der Waals surface area (Å²) in [5.41, 5.74) is 5.65. The van der Waals surface area contributed by atoms with Gasteiger partial charge in [-0.1, -0.05) is 0 Å². The predicted molar refractivity (Wildman–Crippen MR) is 112 cm³/mol. The fourth-order valence-corrected chi connectivity index (χ4v) is 6.14. The number of hydrogen-bond donors (Lipinski definition) is 0. The Morgan fingerprint density at radius 1 is 0.889 bits per heavy atom. The number of para-hydroxylation sites is 2. The molecule has 0 atom stereocenters. The minimum absolute atomic E-state index is 0.189. The molecule has 4 aromatic rings. The summed E-state index contributed by atoms with van der Waals surface area (Å²) in [6, 6.07) is 21.2. The quantitative estimate of drug-likeness (QED) is 0.394. The number of benzene rings is 3. The first-order valence-corrected chi connectivity index (χ1v) is 10.6. The summed E-state index contributed by atoms with van der Waals surface area (Å²) in [5.74, 6) is 1.75. The van der Waals surface area contributed by atoms with E-state index in [-0.39, 0.29) is 15.0 Å². The van der Waals surface area contributed by atoms with Gasteiger partial charge < -0.3 is 0 Å². The molecule has 3 aromatic carbocycles. The molecule has 0 fully saturated rings. The molecule has 1 aliphatic rings. The van der Waals surface area contributed by atoms with Gasteiger partial charge in [0.25, 0.3) is 0 Å². The molecular formula is C23H19NO2Se. The number of nitrogens with zero attached hydrogens (tertiary/aromatic N) is 1. The zero-order valence-electron chi connectivity index (χ0n) is 15.4. The van der Waals surface area contributed by atoms with E-state index in [1.807, 2.05) is 18.2 Å². The van der Waals surface area contributed by atoms with Crippen molar-refractivity contribution in [3.05, 3.63) is 71.8 Å². The predicted octanol–water partition coefficient (Wildman–Crippen LogP) is 4.50. The van der Waals surface area contributed by atoms with Gasteiger partial charge in [-0.3, -0.25) is 0 Å². The van der Waals surface area contributed by atoms with Crippen LogP contribution >= 0.6 is 0 Å². The van der Waals surface area contributed by atoms with Crippen LogP contribution in [0.3, 0.4) is 0 Å². The van der Waals surface area contributed by atoms with E-state index in [1.165, 1.54) is 31.1 Å². The number of fused-ring (bicyclic) bond motifs is 4. The van der Waals surface area contributed by atoms with Crippen LogP contribution in [0.15, 0.2) is 65.1 Å². The molecule has 0 saturated carbocycles. The van der Waals surface area contributed by atoms with Gasteiger partial charge in [-0.05, 0) is 0 Å². The van der Waals surface area contributed by atoms with Gasteiger partial charge in [0.05, 0.1) is 0 Å². The van der Waals surface area contributed by atoms with E-state index in [4.69, 9.17) is 9.15 Å². The van der Waals surface area contributed by atoms with Crippen LogP contribution in [0.1, 0.15) is 11.1 Å². The van der Waals surface area contributed by atoms with Crippen molar-refractivity contribution in [1.29, 1.82) is 0 Å². The van der Waals surface area contributed by atoms with E-state index in [0.717, 1.165) is 22.9 Å². The molecule has 4 heteroatoms. The Bertz CT molecular complexity index is 1180. The Kier molecular flexibility index (Phi) is 3.78. The van der Waals surface area contributed by atoms with Crippen molar-refractivity contribution in [2.45, 2.75) is 13.8 Å². The van der Waals surface area contributed by atoms with Crippen molar-refractivity contribution >= 4 is 52.1 Å². The topological polar surface area (TPSA) is 25.6 Å². The van der Waals surface area contributed by atoms with Crippen LogP contribution in [0.25, 0.3) is 11.0 Å². The van der Waals surface area contributed by atoms with Gasteiger partial charge in [0, 0.05) is 0 Å². The second-order valence-electron chi connectivity index (χ2n) is 6.82. The minimum atomic E-state index is 0.189. The molecular weight excluding hydrogens is 401 g/mol. The van der Waals surface area contributed by atoms with Crippen molar-refractivity contribution in [2.75, 3.05) is 12.0 Å². The summed E-state index contributed by atoms with van der Waals surface area (Å²) in [6.45, 7) is 4.28. The Morgan fingerprint density at radius 3 is 2.52 bits per heavy atom. The molecule has 3 nitrogen and oxygen atoms in total. The Hall–Kier alpha value is -2.68. The van der Waals surface area contributed by atoms with Gasteiger partial charge >= 0.3 is 165 Å². The number of aryl methyl sites for hydroxylation is 2. The molecule has 0 spiro atoms. The number of anilines is 3. The van der Waals surface area contributed by atoms with Crippen molar-refractivity contribution in [3.63, 3.8) is 0 Å². The standard InChI is InChI=1S/C23H19NO2Se/c1-14-9-11-19-16(12-14)22-23(26-19)24(17-6-4-5-7-20(17)25-3)18-10-8-15(2)13-21(18)27-22/h4-13H,1-3H3. The number of ether oxygens (including phenoxy) is 1. The molecule has 0 N–H and O–H groups in total. The maximum absolute atomic E-state index is 6.39. The van der Waals surface area contributed by atoms with Gasteiger partial charge in [0.15, 0.2) is 0 Å². The molecule has 1 aliphatic heterocycles. The first kappa shape index (κ1) is 16.5. The average Bonchev–Trinajstić information content (AvgIpc) is 3.03. The molecule has 0 unspecified atom stereocenters. The fourth-order valence-electron chi connectivity index (χ4n) is 3.58. The van der Waals surface area contributed by atoms with Crippen molar-refractivity contribution in [1.82, 2.24) is 0 Å². The van der Waals surface area contributed by atoms with Crippen molar-refractivity contribution in [3.8, 4) is 5.75 Å². The number of rotatable bonds is 2. The van der Waals surface area contributed by atoms with Crippen molar-refractivity contribution < 1.29 is 9.15 Å². The van der Waals surface area contributed by atoms with E-state index in [1.54, 1.807) is 7.11 Å². The zero-order chi connectivity index (χ0) is 18.5. The molecule has 1 aromatic heterocycles. The molecule has 0 aliphatic carbocycles. The summed E-state index contributed by atoms with van der Waals surface area (Å²) < 4.78 is 14.7. The summed E-state index contributed by atoms with van der Waals surface area (Å²) >= 11 is 0.189. The summed E-state index contributed by atoms with van der Waals surface area (Å²) in [6.07, 6.45) is 0. The molecule has 0 amide bonds. The Morgan fingerprint density at radius 2 is 1.67 bits per heavy atom. The van der Waals surface area contributed by atoms with Gasteiger partial charge in [-0.2, -0.15) is 0 Å². The van der Waals surface area contributed by atoms with Crippen LogP contribution in [0.5, 0.6) is 5.75 Å². The summed E-state index contributed by atoms with van der Waals surface area (Å²) in [4.78, 5) is 2.21. The molecule has 27 heavy (non-hydrogen) atoms. The third-order valence-electron chi connectivity index (χ3n) is 4.88. The number of furan rings is 1. The van der Waals surface area contributed by atoms with Crippen molar-refractivity contribution in [2.24, 2.45) is 0 Å². The van der Waals surface area contributed by atoms with Crippen LogP contribution in [-0.4, -0.2) is 22.1 Å². The van der Waals surface area contributed by atoms with E-state index in [0.29, 0.717) is 0 Å². The van der Waals surface area contributed by atoms with Gasteiger partial charge in [-0.25, -0.2) is 0 Å². The summed E-state index contributed by atoms with van der Waals surface area (Å²) in [7, 11) is 1.71. The number of hydrogen-bond acceptors (Lipinski definition) is 3. The summed E-state index contributed by atoms with van der Waals surface area (Å²) in [5, 5.41) is 1.22. The normalized spacial score (nSPS) is 12.8. The maximum atomic E-state index is 6.39. The van der Waals surface area contributed by atoms with E-state index in [9.17, 15) is 0 Å². The molecule has 134 valence electrons. The zero-order valence-corrected chi connectivity index (χ0v) is 17.2. The van der Waals surface area contributed by atoms with E-state index < -0.39 is 0 Å².